The van der Waals surface area contributed by atoms with Gasteiger partial charge in [0.1, 0.15) is 11.3 Å². The standard InChI is InChI=1S/C13H13FN2O/c14-12-2-1-10-9(15-12)7-11(17-10)13-5-3-8(16-13)4-6-13/h1-2,7-8,16H,3-6H2. The summed E-state index contributed by atoms with van der Waals surface area (Å²) in [6.45, 7) is 0. The fraction of sp³-hybridized carbons (Fsp3) is 0.462. The van der Waals surface area contributed by atoms with Crippen molar-refractivity contribution in [1.29, 1.82) is 0 Å². The first-order valence-electron chi connectivity index (χ1n) is 6.09. The summed E-state index contributed by atoms with van der Waals surface area (Å²) >= 11 is 0. The molecule has 17 heavy (non-hydrogen) atoms. The van der Waals surface area contributed by atoms with E-state index in [-0.39, 0.29) is 5.54 Å². The molecule has 0 unspecified atom stereocenters. The van der Waals surface area contributed by atoms with Gasteiger partial charge in [-0.3, -0.25) is 0 Å². The Balaban J connectivity index is 1.86. The summed E-state index contributed by atoms with van der Waals surface area (Å²) in [6, 6.07) is 5.51. The molecule has 2 aliphatic rings. The van der Waals surface area contributed by atoms with Crippen LogP contribution in [-0.4, -0.2) is 11.0 Å². The van der Waals surface area contributed by atoms with Gasteiger partial charge >= 0.3 is 0 Å². The molecule has 0 saturated carbocycles. The number of hydrogen-bond donors (Lipinski definition) is 1. The van der Waals surface area contributed by atoms with Gasteiger partial charge < -0.3 is 9.73 Å². The molecule has 0 radical (unpaired) electrons. The Morgan fingerprint density at radius 1 is 1.35 bits per heavy atom. The summed E-state index contributed by atoms with van der Waals surface area (Å²) in [5.74, 6) is 0.469. The molecule has 0 aromatic carbocycles. The number of pyridine rings is 1. The van der Waals surface area contributed by atoms with E-state index in [9.17, 15) is 4.39 Å². The molecule has 88 valence electrons. The number of halogens is 1. The van der Waals surface area contributed by atoms with Crippen molar-refractivity contribution in [1.82, 2.24) is 10.3 Å². The lowest BCUT2D eigenvalue weighted by Crippen LogP contribution is -2.32. The summed E-state index contributed by atoms with van der Waals surface area (Å²) in [6.07, 6.45) is 4.64. The molecule has 4 heterocycles. The van der Waals surface area contributed by atoms with Crippen LogP contribution >= 0.6 is 0 Å². The van der Waals surface area contributed by atoms with Gasteiger partial charge in [0.15, 0.2) is 5.58 Å². The fourth-order valence-electron chi connectivity index (χ4n) is 3.24. The normalized spacial score (nSPS) is 31.5. The first-order chi connectivity index (χ1) is 8.25. The first kappa shape index (κ1) is 9.59. The molecule has 0 spiro atoms. The molecular weight excluding hydrogens is 219 g/mol. The third kappa shape index (κ3) is 1.27. The monoisotopic (exact) mass is 232 g/mol. The van der Waals surface area contributed by atoms with Gasteiger partial charge in [-0.2, -0.15) is 4.39 Å². The Hall–Kier alpha value is -1.42. The van der Waals surface area contributed by atoms with Crippen LogP contribution in [0.4, 0.5) is 4.39 Å². The molecule has 2 saturated heterocycles. The van der Waals surface area contributed by atoms with Crippen LogP contribution < -0.4 is 5.32 Å². The van der Waals surface area contributed by atoms with Crippen molar-refractivity contribution >= 4 is 11.1 Å². The van der Waals surface area contributed by atoms with Gasteiger partial charge in [0.2, 0.25) is 5.95 Å². The van der Waals surface area contributed by atoms with Crippen LogP contribution in [-0.2, 0) is 5.54 Å². The minimum atomic E-state index is -0.453. The maximum Gasteiger partial charge on any atom is 0.213 e. The Morgan fingerprint density at radius 3 is 2.88 bits per heavy atom. The molecule has 3 nitrogen and oxygen atoms in total. The summed E-state index contributed by atoms with van der Waals surface area (Å²) < 4.78 is 18.9. The SMILES string of the molecule is Fc1ccc2oc(C34CCC(CC3)N4)cc2n1. The smallest absolute Gasteiger partial charge is 0.213 e. The zero-order chi connectivity index (χ0) is 11.5. The number of aromatic nitrogens is 1. The number of nitrogens with zero attached hydrogens (tertiary/aromatic N) is 1. The van der Waals surface area contributed by atoms with Gasteiger partial charge in [-0.25, -0.2) is 4.98 Å². The third-order valence-corrected chi connectivity index (χ3v) is 4.13. The maximum atomic E-state index is 13.0. The minimum Gasteiger partial charge on any atom is -0.457 e. The van der Waals surface area contributed by atoms with E-state index in [4.69, 9.17) is 4.42 Å². The Labute approximate surface area is 98.0 Å². The first-order valence-corrected chi connectivity index (χ1v) is 6.09. The molecule has 1 N–H and O–H groups in total. The van der Waals surface area contributed by atoms with Crippen LogP contribution in [0.25, 0.3) is 11.1 Å². The van der Waals surface area contributed by atoms with Crippen molar-refractivity contribution in [2.75, 3.05) is 0 Å². The molecule has 0 amide bonds. The Bertz CT molecular complexity index is 584. The lowest BCUT2D eigenvalue weighted by molar-refractivity contribution is 0.324. The second-order valence-electron chi connectivity index (χ2n) is 5.13. The zero-order valence-corrected chi connectivity index (χ0v) is 9.37. The van der Waals surface area contributed by atoms with Gasteiger partial charge in [0, 0.05) is 12.1 Å². The quantitative estimate of drug-likeness (QED) is 0.768. The van der Waals surface area contributed by atoms with Gasteiger partial charge in [-0.1, -0.05) is 0 Å². The topological polar surface area (TPSA) is 38.1 Å². The largest absolute Gasteiger partial charge is 0.457 e. The Kier molecular flexibility index (Phi) is 1.73. The van der Waals surface area contributed by atoms with Crippen molar-refractivity contribution in [2.45, 2.75) is 37.3 Å². The zero-order valence-electron chi connectivity index (χ0n) is 9.37. The highest BCUT2D eigenvalue weighted by atomic mass is 19.1. The van der Waals surface area contributed by atoms with Crippen LogP contribution in [0.2, 0.25) is 0 Å². The van der Waals surface area contributed by atoms with Gasteiger partial charge in [-0.05, 0) is 37.8 Å². The van der Waals surface area contributed by atoms with Crippen molar-refractivity contribution in [3.05, 3.63) is 29.9 Å². The highest BCUT2D eigenvalue weighted by Gasteiger charge is 2.47. The van der Waals surface area contributed by atoms with Gasteiger partial charge in [0.05, 0.1) is 5.54 Å². The van der Waals surface area contributed by atoms with E-state index in [0.717, 1.165) is 18.6 Å². The number of rotatable bonds is 1. The molecule has 2 aromatic heterocycles. The number of fused-ring (bicyclic) bond motifs is 3. The predicted molar refractivity (Wildman–Crippen MR) is 61.0 cm³/mol. The molecule has 2 aliphatic heterocycles. The van der Waals surface area contributed by atoms with E-state index in [1.165, 1.54) is 18.9 Å². The van der Waals surface area contributed by atoms with E-state index in [1.807, 2.05) is 6.07 Å². The Morgan fingerprint density at radius 2 is 2.18 bits per heavy atom. The molecule has 2 fully saturated rings. The van der Waals surface area contributed by atoms with E-state index in [0.29, 0.717) is 17.1 Å². The molecule has 0 aliphatic carbocycles. The predicted octanol–water partition coefficient (Wildman–Crippen LogP) is 2.71. The maximum absolute atomic E-state index is 13.0. The summed E-state index contributed by atoms with van der Waals surface area (Å²) in [5.41, 5.74) is 1.28. The van der Waals surface area contributed by atoms with Crippen molar-refractivity contribution < 1.29 is 8.81 Å². The van der Waals surface area contributed by atoms with Crippen LogP contribution in [0.5, 0.6) is 0 Å². The van der Waals surface area contributed by atoms with Crippen molar-refractivity contribution in [2.24, 2.45) is 0 Å². The second-order valence-corrected chi connectivity index (χ2v) is 5.13. The van der Waals surface area contributed by atoms with E-state index in [1.54, 1.807) is 6.07 Å². The highest BCUT2D eigenvalue weighted by Crippen LogP contribution is 2.45. The molecule has 4 rings (SSSR count). The molecule has 2 aromatic rings. The van der Waals surface area contributed by atoms with E-state index >= 15 is 0 Å². The van der Waals surface area contributed by atoms with Crippen LogP contribution in [0, 0.1) is 5.95 Å². The molecular formula is C13H13FN2O. The average molecular weight is 232 g/mol. The minimum absolute atomic E-state index is 0.0121. The summed E-state index contributed by atoms with van der Waals surface area (Å²) in [5, 5.41) is 3.62. The summed E-state index contributed by atoms with van der Waals surface area (Å²) in [7, 11) is 0. The average Bonchev–Trinajstić information content (AvgIpc) is 3.01. The molecule has 0 atom stereocenters. The number of nitrogens with one attached hydrogen (secondary N) is 1. The fourth-order valence-corrected chi connectivity index (χ4v) is 3.24. The van der Waals surface area contributed by atoms with Crippen LogP contribution in [0.1, 0.15) is 31.4 Å². The van der Waals surface area contributed by atoms with Crippen molar-refractivity contribution in [3.8, 4) is 0 Å². The number of hydrogen-bond acceptors (Lipinski definition) is 3. The van der Waals surface area contributed by atoms with E-state index < -0.39 is 5.95 Å². The van der Waals surface area contributed by atoms with Crippen molar-refractivity contribution in [3.63, 3.8) is 0 Å². The van der Waals surface area contributed by atoms with Gasteiger partial charge in [-0.15, -0.1) is 0 Å². The molecule has 4 heteroatoms. The van der Waals surface area contributed by atoms with Gasteiger partial charge in [0.25, 0.3) is 0 Å². The lowest BCUT2D eigenvalue weighted by atomic mass is 9.86. The van der Waals surface area contributed by atoms with Crippen LogP contribution in [0.3, 0.4) is 0 Å². The summed E-state index contributed by atoms with van der Waals surface area (Å²) in [4.78, 5) is 3.86. The molecule has 2 bridgehead atoms. The second kappa shape index (κ2) is 3.07. The number of furan rings is 1. The highest BCUT2D eigenvalue weighted by molar-refractivity contribution is 5.73. The lowest BCUT2D eigenvalue weighted by Gasteiger charge is -2.22. The third-order valence-electron chi connectivity index (χ3n) is 4.13. The van der Waals surface area contributed by atoms with E-state index in [2.05, 4.69) is 10.3 Å². The van der Waals surface area contributed by atoms with Crippen LogP contribution in [0.15, 0.2) is 22.6 Å².